The molecule has 2 N–H and O–H groups in total. The van der Waals surface area contributed by atoms with Crippen LogP contribution in [0.4, 0.5) is 0 Å². The molecule has 1 aliphatic rings. The molecule has 4 nitrogen and oxygen atoms in total. The standard InChI is InChI=1S/C9H16N2O2S/c1-2-11(5-3-8(10)14)7-4-6-13-9(7)12/h7H,2-6H2,1H3,(H2,10,14). The monoisotopic (exact) mass is 216 g/mol. The summed E-state index contributed by atoms with van der Waals surface area (Å²) in [6, 6.07) is -0.0886. The Balaban J connectivity index is 2.44. The molecule has 0 aromatic rings. The highest BCUT2D eigenvalue weighted by molar-refractivity contribution is 7.80. The van der Waals surface area contributed by atoms with E-state index in [4.69, 9.17) is 22.7 Å². The third kappa shape index (κ3) is 2.92. The third-order valence-corrected chi connectivity index (χ3v) is 2.60. The van der Waals surface area contributed by atoms with Crippen LogP contribution in [-0.4, -0.2) is 41.6 Å². The quantitative estimate of drug-likeness (QED) is 0.529. The SMILES string of the molecule is CCN(CCC(N)=S)C1CCOC1=O. The number of likely N-dealkylation sites (N-methyl/N-ethyl adjacent to an activating group) is 1. The lowest BCUT2D eigenvalue weighted by molar-refractivity contribution is -0.142. The van der Waals surface area contributed by atoms with Crippen LogP contribution in [-0.2, 0) is 9.53 Å². The highest BCUT2D eigenvalue weighted by atomic mass is 32.1. The molecule has 1 rings (SSSR count). The first kappa shape index (κ1) is 11.4. The van der Waals surface area contributed by atoms with E-state index < -0.39 is 0 Å². The molecule has 0 spiro atoms. The minimum Gasteiger partial charge on any atom is -0.464 e. The van der Waals surface area contributed by atoms with Crippen molar-refractivity contribution in [1.82, 2.24) is 4.90 Å². The molecule has 0 aliphatic carbocycles. The van der Waals surface area contributed by atoms with E-state index in [0.29, 0.717) is 18.0 Å². The van der Waals surface area contributed by atoms with E-state index in [1.807, 2.05) is 6.92 Å². The largest absolute Gasteiger partial charge is 0.464 e. The summed E-state index contributed by atoms with van der Waals surface area (Å²) >= 11 is 4.80. The van der Waals surface area contributed by atoms with Gasteiger partial charge in [-0.2, -0.15) is 0 Å². The van der Waals surface area contributed by atoms with E-state index in [0.717, 1.165) is 19.5 Å². The van der Waals surface area contributed by atoms with E-state index in [1.54, 1.807) is 0 Å². The number of hydrogen-bond acceptors (Lipinski definition) is 4. The summed E-state index contributed by atoms with van der Waals surface area (Å²) in [6.45, 7) is 4.12. The maximum absolute atomic E-state index is 11.3. The average Bonchev–Trinajstić information content (AvgIpc) is 2.53. The van der Waals surface area contributed by atoms with Crippen molar-refractivity contribution < 1.29 is 9.53 Å². The van der Waals surface area contributed by atoms with Crippen molar-refractivity contribution >= 4 is 23.2 Å². The Morgan fingerprint density at radius 3 is 2.93 bits per heavy atom. The maximum atomic E-state index is 11.3. The van der Waals surface area contributed by atoms with Gasteiger partial charge < -0.3 is 10.5 Å². The summed E-state index contributed by atoms with van der Waals surface area (Å²) in [6.07, 6.45) is 1.44. The van der Waals surface area contributed by atoms with Crippen molar-refractivity contribution in [2.45, 2.75) is 25.8 Å². The second kappa shape index (κ2) is 5.26. The van der Waals surface area contributed by atoms with Crippen LogP contribution in [0, 0.1) is 0 Å². The number of nitrogens with zero attached hydrogens (tertiary/aromatic N) is 1. The van der Waals surface area contributed by atoms with Crippen LogP contribution in [0.3, 0.4) is 0 Å². The second-order valence-corrected chi connectivity index (χ2v) is 3.84. The van der Waals surface area contributed by atoms with Crippen LogP contribution in [0.1, 0.15) is 19.8 Å². The Morgan fingerprint density at radius 2 is 2.50 bits per heavy atom. The van der Waals surface area contributed by atoms with E-state index in [-0.39, 0.29) is 12.0 Å². The molecular weight excluding hydrogens is 200 g/mol. The van der Waals surface area contributed by atoms with Gasteiger partial charge in [0, 0.05) is 19.4 Å². The van der Waals surface area contributed by atoms with Crippen molar-refractivity contribution in [3.63, 3.8) is 0 Å². The molecular formula is C9H16N2O2S. The van der Waals surface area contributed by atoms with Gasteiger partial charge in [-0.3, -0.25) is 9.69 Å². The minimum atomic E-state index is -0.116. The van der Waals surface area contributed by atoms with Crippen LogP contribution >= 0.6 is 12.2 Å². The second-order valence-electron chi connectivity index (χ2n) is 3.32. The van der Waals surface area contributed by atoms with Gasteiger partial charge in [0.2, 0.25) is 0 Å². The van der Waals surface area contributed by atoms with Gasteiger partial charge >= 0.3 is 5.97 Å². The van der Waals surface area contributed by atoms with Crippen LogP contribution in [0.25, 0.3) is 0 Å². The van der Waals surface area contributed by atoms with E-state index >= 15 is 0 Å². The Morgan fingerprint density at radius 1 is 1.79 bits per heavy atom. The predicted molar refractivity (Wildman–Crippen MR) is 58.0 cm³/mol. The number of cyclic esters (lactones) is 1. The fraction of sp³-hybridized carbons (Fsp3) is 0.778. The normalized spacial score (nSPS) is 21.3. The molecule has 1 heterocycles. The summed E-state index contributed by atoms with van der Waals surface area (Å²) in [5.74, 6) is -0.116. The summed E-state index contributed by atoms with van der Waals surface area (Å²) < 4.78 is 4.91. The molecule has 1 fully saturated rings. The lowest BCUT2D eigenvalue weighted by Crippen LogP contribution is -2.40. The molecule has 0 saturated carbocycles. The number of hydrogen-bond donors (Lipinski definition) is 1. The van der Waals surface area contributed by atoms with Crippen molar-refractivity contribution in [2.75, 3.05) is 19.7 Å². The van der Waals surface area contributed by atoms with Crippen LogP contribution in [0.15, 0.2) is 0 Å². The van der Waals surface area contributed by atoms with Gasteiger partial charge in [0.15, 0.2) is 0 Å². The number of esters is 1. The van der Waals surface area contributed by atoms with Crippen molar-refractivity contribution in [3.05, 3.63) is 0 Å². The Bertz CT molecular complexity index is 233. The fourth-order valence-corrected chi connectivity index (χ4v) is 1.70. The maximum Gasteiger partial charge on any atom is 0.323 e. The van der Waals surface area contributed by atoms with Crippen molar-refractivity contribution in [3.8, 4) is 0 Å². The fourth-order valence-electron chi connectivity index (χ4n) is 1.60. The summed E-state index contributed by atoms with van der Waals surface area (Å²) in [7, 11) is 0. The Hall–Kier alpha value is -0.680. The summed E-state index contributed by atoms with van der Waals surface area (Å²) in [5.41, 5.74) is 5.42. The van der Waals surface area contributed by atoms with Gasteiger partial charge in [0.05, 0.1) is 11.6 Å². The van der Waals surface area contributed by atoms with E-state index in [9.17, 15) is 4.79 Å². The molecule has 0 bridgehead atoms. The summed E-state index contributed by atoms with van der Waals surface area (Å²) in [4.78, 5) is 13.9. The molecule has 1 aliphatic heterocycles. The average molecular weight is 216 g/mol. The first-order valence-electron chi connectivity index (χ1n) is 4.84. The van der Waals surface area contributed by atoms with Gasteiger partial charge in [-0.15, -0.1) is 0 Å². The Kier molecular flexibility index (Phi) is 4.28. The third-order valence-electron chi connectivity index (χ3n) is 2.40. The summed E-state index contributed by atoms with van der Waals surface area (Å²) in [5, 5.41) is 0. The lowest BCUT2D eigenvalue weighted by atomic mass is 10.2. The molecule has 0 aromatic heterocycles. The molecule has 14 heavy (non-hydrogen) atoms. The van der Waals surface area contributed by atoms with Gasteiger partial charge in [-0.05, 0) is 6.54 Å². The number of rotatable bonds is 5. The first-order chi connectivity index (χ1) is 6.65. The molecule has 1 atom stereocenters. The number of carbonyl (C=O) groups is 1. The number of ether oxygens (including phenoxy) is 1. The van der Waals surface area contributed by atoms with Gasteiger partial charge in [0.1, 0.15) is 6.04 Å². The van der Waals surface area contributed by atoms with Crippen molar-refractivity contribution in [2.24, 2.45) is 5.73 Å². The molecule has 1 saturated heterocycles. The molecule has 1 unspecified atom stereocenters. The molecule has 0 aromatic carbocycles. The zero-order valence-electron chi connectivity index (χ0n) is 8.36. The minimum absolute atomic E-state index is 0.0886. The highest BCUT2D eigenvalue weighted by Gasteiger charge is 2.31. The van der Waals surface area contributed by atoms with E-state index in [2.05, 4.69) is 4.90 Å². The van der Waals surface area contributed by atoms with Crippen LogP contribution < -0.4 is 5.73 Å². The molecule has 0 radical (unpaired) electrons. The number of nitrogens with two attached hydrogens (primary N) is 1. The number of carbonyl (C=O) groups excluding carboxylic acids is 1. The van der Waals surface area contributed by atoms with E-state index in [1.165, 1.54) is 0 Å². The molecule has 80 valence electrons. The van der Waals surface area contributed by atoms with Crippen LogP contribution in [0.2, 0.25) is 0 Å². The smallest absolute Gasteiger partial charge is 0.323 e. The zero-order valence-corrected chi connectivity index (χ0v) is 9.18. The predicted octanol–water partition coefficient (Wildman–Crippen LogP) is 0.300. The topological polar surface area (TPSA) is 55.6 Å². The Labute approximate surface area is 89.4 Å². The van der Waals surface area contributed by atoms with Gasteiger partial charge in [-0.25, -0.2) is 0 Å². The zero-order chi connectivity index (χ0) is 10.6. The van der Waals surface area contributed by atoms with Crippen molar-refractivity contribution in [1.29, 1.82) is 0 Å². The highest BCUT2D eigenvalue weighted by Crippen LogP contribution is 2.13. The van der Waals surface area contributed by atoms with Gasteiger partial charge in [0.25, 0.3) is 0 Å². The van der Waals surface area contributed by atoms with Gasteiger partial charge in [-0.1, -0.05) is 19.1 Å². The molecule has 5 heteroatoms. The molecule has 0 amide bonds. The number of thiocarbonyl (C=S) groups is 1. The first-order valence-corrected chi connectivity index (χ1v) is 5.25. The van der Waals surface area contributed by atoms with Crippen LogP contribution in [0.5, 0.6) is 0 Å². The lowest BCUT2D eigenvalue weighted by Gasteiger charge is -2.23.